The van der Waals surface area contributed by atoms with Crippen molar-refractivity contribution in [1.29, 1.82) is 0 Å². The number of aliphatic hydroxyl groups is 1. The van der Waals surface area contributed by atoms with Gasteiger partial charge in [0.15, 0.2) is 11.5 Å². The topological polar surface area (TPSA) is 319 Å². The number of allylic oxidation sites excluding steroid dienone is 3. The van der Waals surface area contributed by atoms with Gasteiger partial charge < -0.3 is 54.3 Å². The number of nitrogens with one attached hydrogen (secondary N) is 3. The summed E-state index contributed by atoms with van der Waals surface area (Å²) >= 11 is 12.0. The molecule has 5 N–H and O–H groups in total. The van der Waals surface area contributed by atoms with E-state index in [2.05, 4.69) is 20.9 Å². The number of benzene rings is 1. The molecule has 29 heteroatoms. The number of thioether (sulfide) groups is 4. The van der Waals surface area contributed by atoms with Gasteiger partial charge in [0, 0.05) is 99.7 Å². The first kappa shape index (κ1) is 72.5. The molecule has 2 aromatic rings. The Balaban J connectivity index is 0.939. The van der Waals surface area contributed by atoms with Gasteiger partial charge in [0.25, 0.3) is 5.91 Å². The molecular weight excluding hydrogens is 1280 g/mol. The Labute approximate surface area is 551 Å². The van der Waals surface area contributed by atoms with Crippen LogP contribution in [0.3, 0.4) is 0 Å². The largest absolute Gasteiger partial charge is 0.495 e. The van der Waals surface area contributed by atoms with E-state index < -0.39 is 110 Å². The molecule has 0 saturated carbocycles. The van der Waals surface area contributed by atoms with Crippen LogP contribution in [0.15, 0.2) is 48.2 Å². The second-order valence-corrected chi connectivity index (χ2v) is 30.0. The predicted octanol–water partition coefficient (Wildman–Crippen LogP) is 6.60. The zero-order chi connectivity index (χ0) is 66.9. The minimum Gasteiger partial charge on any atom is -0.495 e. The third kappa shape index (κ3) is 18.1. The number of pyridine rings is 1. The van der Waals surface area contributed by atoms with Gasteiger partial charge in [0.05, 0.1) is 41.4 Å². The number of amides is 7. The van der Waals surface area contributed by atoms with Crippen LogP contribution in [0.4, 0.5) is 16.3 Å². The molecule has 91 heavy (non-hydrogen) atoms. The van der Waals surface area contributed by atoms with Crippen LogP contribution in [0, 0.1) is 5.92 Å². The number of ketones is 1. The molecular formula is C62H82ClN7O17S4. The number of likely N-dealkylation sites (N-methyl/N-ethyl adjacent to an activating group) is 1. The lowest BCUT2D eigenvalue weighted by Crippen LogP contribution is -2.63. The summed E-state index contributed by atoms with van der Waals surface area (Å²) in [5, 5.41) is 27.8. The Bertz CT molecular complexity index is 3190. The Morgan fingerprint density at radius 2 is 1.77 bits per heavy atom. The molecule has 0 radical (unpaired) electrons. The Morgan fingerprint density at radius 1 is 1.04 bits per heavy atom. The maximum atomic E-state index is 14.5. The zero-order valence-corrected chi connectivity index (χ0v) is 57.0. The van der Waals surface area contributed by atoms with Gasteiger partial charge in [-0.25, -0.2) is 14.6 Å². The number of carboxylic acids is 1. The van der Waals surface area contributed by atoms with Gasteiger partial charge in [-0.2, -0.15) is 11.8 Å². The summed E-state index contributed by atoms with van der Waals surface area (Å²) in [5.41, 5.74) is -0.884. The monoisotopic (exact) mass is 1360 g/mol. The number of fused-ring (bicyclic) bond motifs is 5. The molecule has 6 heterocycles. The molecule has 5 aliphatic rings. The molecule has 498 valence electrons. The van der Waals surface area contributed by atoms with Gasteiger partial charge in [0.1, 0.15) is 51.8 Å². The van der Waals surface area contributed by atoms with E-state index in [1.807, 2.05) is 33.1 Å². The molecule has 1 aromatic carbocycles. The number of ether oxygens (including phenoxy) is 5. The Morgan fingerprint density at radius 3 is 2.46 bits per heavy atom. The number of anilines is 2. The number of unbranched alkanes of at least 4 members (excludes halogenated alkanes) is 1. The highest BCUT2D eigenvalue weighted by atomic mass is 35.5. The lowest BCUT2D eigenvalue weighted by molar-refractivity contribution is -0.162. The second kappa shape index (κ2) is 31.4. The molecule has 7 rings (SSSR count). The molecule has 5 aliphatic heterocycles. The van der Waals surface area contributed by atoms with Crippen molar-refractivity contribution in [1.82, 2.24) is 25.4 Å². The van der Waals surface area contributed by atoms with Crippen LogP contribution in [0.5, 0.6) is 5.75 Å². The summed E-state index contributed by atoms with van der Waals surface area (Å²) in [6, 6.07) is 3.81. The molecule has 7 amide bonds. The van der Waals surface area contributed by atoms with E-state index in [0.717, 1.165) is 11.1 Å². The molecule has 1 aromatic heterocycles. The van der Waals surface area contributed by atoms with Gasteiger partial charge in [-0.3, -0.25) is 48.6 Å². The van der Waals surface area contributed by atoms with Crippen molar-refractivity contribution in [2.45, 2.75) is 168 Å². The molecule has 24 nitrogen and oxygen atoms in total. The number of carboxylic acid groups (broad SMARTS) is 1. The summed E-state index contributed by atoms with van der Waals surface area (Å²) in [6.45, 7) is 10.8. The van der Waals surface area contributed by atoms with Gasteiger partial charge in [-0.15, -0.1) is 35.3 Å². The maximum Gasteiger partial charge on any atom is 0.409 e. The number of halogens is 1. The highest BCUT2D eigenvalue weighted by Crippen LogP contribution is 2.50. The van der Waals surface area contributed by atoms with Crippen LogP contribution >= 0.6 is 58.6 Å². The van der Waals surface area contributed by atoms with Crippen LogP contribution in [0.2, 0.25) is 5.02 Å². The molecule has 4 saturated heterocycles. The number of aliphatic carboxylic acids is 1. The highest BCUT2D eigenvalue weighted by Gasteiger charge is 2.64. The number of methoxy groups -OCH3 is 2. The van der Waals surface area contributed by atoms with Crippen LogP contribution < -0.4 is 25.6 Å². The maximum absolute atomic E-state index is 14.5. The molecule has 11 atom stereocenters. The quantitative estimate of drug-likeness (QED) is 0.0320. The smallest absolute Gasteiger partial charge is 0.409 e. The first-order chi connectivity index (χ1) is 42.9. The number of hydrogen-bond acceptors (Lipinski definition) is 21. The zero-order valence-electron chi connectivity index (χ0n) is 53.0. The van der Waals surface area contributed by atoms with Gasteiger partial charge >= 0.3 is 18.0 Å². The summed E-state index contributed by atoms with van der Waals surface area (Å²) < 4.78 is 28.9. The number of likely N-dealkylation sites (tertiary alicyclic amines) is 1. The normalized spacial score (nSPS) is 27.3. The summed E-state index contributed by atoms with van der Waals surface area (Å²) in [4.78, 5) is 142. The van der Waals surface area contributed by atoms with Crippen LogP contribution in [-0.2, 0) is 70.1 Å². The SMILES string of the molecule is COc1cc2cc(c1Cl)N(C)C(=O)C[C@H](OC(=O)[C@H](C)N(C)C(=O)CCC(C)(C)SC1CC(=O)N(CCCCNC(=O)c3cnc(NC(=O)CCSC)c(CC(=O)C4SCSC4C(=O)O)c3)C1=O)[C@@]1(C)O[C@H]1[C@H](C)[C@@H]1C[C@@](O)(NC(=O)O1)[C@H](OC)/C=C/C=C(\C)C2. The van der Waals surface area contributed by atoms with E-state index in [0.29, 0.717) is 41.5 Å². The second-order valence-electron chi connectivity index (χ2n) is 24.1. The number of Topliss-reactive ketones (excluding diaryl/α,β-unsaturated/α-hetero) is 1. The van der Waals surface area contributed by atoms with Crippen molar-refractivity contribution in [2.75, 3.05) is 68.7 Å². The fourth-order valence-corrected chi connectivity index (χ4v) is 16.4. The number of nitrogens with zero attached hydrogens (tertiary/aromatic N) is 4. The Kier molecular flexibility index (Phi) is 25.0. The van der Waals surface area contributed by atoms with E-state index in [-0.39, 0.29) is 97.1 Å². The minimum absolute atomic E-state index is 0.0498. The number of epoxide rings is 1. The van der Waals surface area contributed by atoms with Crippen molar-refractivity contribution in [3.63, 3.8) is 0 Å². The van der Waals surface area contributed by atoms with E-state index in [1.54, 1.807) is 38.1 Å². The molecule has 3 unspecified atom stereocenters. The van der Waals surface area contributed by atoms with E-state index >= 15 is 0 Å². The fourth-order valence-electron chi connectivity index (χ4n) is 11.3. The van der Waals surface area contributed by atoms with Gasteiger partial charge in [-0.05, 0) is 76.5 Å². The van der Waals surface area contributed by atoms with Crippen molar-refractivity contribution in [3.8, 4) is 5.75 Å². The standard InChI is InChI=1S/C62H82ClN7O17S4/c1-33-15-14-16-44(84-10)62(82)30-42(85-59(81)67-62)34(2)53-61(6,87-53)45(29-48(74)69(8)39-24-36(23-33)25-41(83-9)50(39)63)86-58(80)35(3)68(7)47(73)17-19-60(4,5)91-43-28-49(75)70(56(43)77)21-13-12-20-64-55(76)38-26-37(54(65-31-38)66-46(72)18-22-88-11)27-40(71)51-52(57(78)79)90-32-89-51/h14-16,24-26,31,34-35,42-45,51-53,82H,12-13,17-23,27-30,32H2,1-11H3,(H,64,76)(H,67,81)(H,78,79)(H,65,66,72)/b16-14+,33-15+/t34-,35+,42+,43?,44-,45+,51?,52?,53+,61-,62+/m1/s1. The number of imide groups is 1. The van der Waals surface area contributed by atoms with Crippen molar-refractivity contribution >= 4 is 129 Å². The highest BCUT2D eigenvalue weighted by molar-refractivity contribution is 8.20. The summed E-state index contributed by atoms with van der Waals surface area (Å²) in [6.07, 6.45) is 4.19. The first-order valence-corrected chi connectivity index (χ1v) is 34.6. The number of aromatic nitrogens is 1. The third-order valence-corrected chi connectivity index (χ3v) is 22.4. The van der Waals surface area contributed by atoms with E-state index in [1.165, 1.54) is 109 Å². The number of alkyl carbamates (subject to hydrolysis) is 1. The number of hydrogen-bond donors (Lipinski definition) is 5. The van der Waals surface area contributed by atoms with Crippen LogP contribution in [-0.4, -0.2) is 205 Å². The van der Waals surface area contributed by atoms with Crippen molar-refractivity contribution < 1.29 is 81.8 Å². The van der Waals surface area contributed by atoms with Crippen molar-refractivity contribution in [2.24, 2.45) is 5.92 Å². The predicted molar refractivity (Wildman–Crippen MR) is 348 cm³/mol. The average molecular weight is 1360 g/mol. The number of carbonyl (C=O) groups is 10. The van der Waals surface area contributed by atoms with E-state index in [4.69, 9.17) is 35.3 Å². The van der Waals surface area contributed by atoms with Gasteiger partial charge in [0.2, 0.25) is 29.5 Å². The summed E-state index contributed by atoms with van der Waals surface area (Å²) in [5.74, 6) is -4.43. The third-order valence-electron chi connectivity index (χ3n) is 16.9. The molecule has 0 spiro atoms. The van der Waals surface area contributed by atoms with Crippen LogP contribution in [0.25, 0.3) is 0 Å². The number of carbonyl (C=O) groups excluding carboxylic acids is 9. The number of esters is 1. The molecule has 4 fully saturated rings. The summed E-state index contributed by atoms with van der Waals surface area (Å²) in [7, 11) is 5.86. The Hall–Kier alpha value is -5.88. The first-order valence-electron chi connectivity index (χ1n) is 29.9. The van der Waals surface area contributed by atoms with Gasteiger partial charge in [-0.1, -0.05) is 56.2 Å². The van der Waals surface area contributed by atoms with E-state index in [9.17, 15) is 58.2 Å². The fraction of sp³-hybridized carbons (Fsp3) is 0.597. The minimum atomic E-state index is -1.90. The average Bonchev–Trinajstić information content (AvgIpc) is 1.58. The van der Waals surface area contributed by atoms with Crippen molar-refractivity contribution in [3.05, 3.63) is 69.9 Å². The van der Waals surface area contributed by atoms with Crippen LogP contribution in [0.1, 0.15) is 114 Å². The molecule has 4 bridgehead atoms. The lowest BCUT2D eigenvalue weighted by atomic mass is 9.83. The lowest BCUT2D eigenvalue weighted by Gasteiger charge is -2.42. The number of rotatable bonds is 24. The molecule has 0 aliphatic carbocycles.